The smallest absolute Gasteiger partial charge is 0.252 e. The van der Waals surface area contributed by atoms with Gasteiger partial charge in [-0.05, 0) is 53.1 Å². The highest BCUT2D eigenvalue weighted by atomic mass is 127. The predicted molar refractivity (Wildman–Crippen MR) is 107 cm³/mol. The van der Waals surface area contributed by atoms with Crippen LogP contribution in [0.5, 0.6) is 11.5 Å². The summed E-state index contributed by atoms with van der Waals surface area (Å²) in [5.74, 6) is 1.12. The second-order valence-electron chi connectivity index (χ2n) is 6.37. The van der Waals surface area contributed by atoms with Gasteiger partial charge < -0.3 is 14.8 Å². The molecule has 0 radical (unpaired) electrons. The van der Waals surface area contributed by atoms with Crippen molar-refractivity contribution in [2.24, 2.45) is 0 Å². The third-order valence-electron chi connectivity index (χ3n) is 5.00. The van der Waals surface area contributed by atoms with Crippen molar-refractivity contribution in [3.8, 4) is 11.5 Å². The molecule has 25 heavy (non-hydrogen) atoms. The lowest BCUT2D eigenvalue weighted by Crippen LogP contribution is -2.45. The molecule has 1 saturated carbocycles. The highest BCUT2D eigenvalue weighted by Gasteiger charge is 2.38. The SMILES string of the molecule is COc1cc(I)c(C(=O)NCC2(c3ccccc3)CCC2)cc1OC. The summed E-state index contributed by atoms with van der Waals surface area (Å²) >= 11 is 2.16. The van der Waals surface area contributed by atoms with Crippen LogP contribution in [0.25, 0.3) is 0 Å². The van der Waals surface area contributed by atoms with Gasteiger partial charge in [0.05, 0.1) is 19.8 Å². The van der Waals surface area contributed by atoms with Gasteiger partial charge in [0.2, 0.25) is 0 Å². The normalized spacial score (nSPS) is 15.2. The minimum Gasteiger partial charge on any atom is -0.493 e. The number of amides is 1. The number of rotatable bonds is 6. The van der Waals surface area contributed by atoms with Crippen molar-refractivity contribution >= 4 is 28.5 Å². The number of benzene rings is 2. The zero-order valence-electron chi connectivity index (χ0n) is 14.5. The fourth-order valence-corrected chi connectivity index (χ4v) is 4.02. The molecule has 2 aromatic carbocycles. The van der Waals surface area contributed by atoms with E-state index in [1.807, 2.05) is 12.1 Å². The Balaban J connectivity index is 1.77. The molecule has 0 atom stereocenters. The molecule has 5 heteroatoms. The number of methoxy groups -OCH3 is 2. The lowest BCUT2D eigenvalue weighted by Gasteiger charge is -2.42. The highest BCUT2D eigenvalue weighted by molar-refractivity contribution is 14.1. The van der Waals surface area contributed by atoms with E-state index in [0.29, 0.717) is 23.6 Å². The fraction of sp³-hybridized carbons (Fsp3) is 0.350. The third-order valence-corrected chi connectivity index (χ3v) is 5.89. The number of halogens is 1. The van der Waals surface area contributed by atoms with E-state index in [4.69, 9.17) is 9.47 Å². The van der Waals surface area contributed by atoms with Crippen LogP contribution in [0, 0.1) is 3.57 Å². The van der Waals surface area contributed by atoms with Crippen LogP contribution in [0.4, 0.5) is 0 Å². The summed E-state index contributed by atoms with van der Waals surface area (Å²) in [7, 11) is 3.17. The number of nitrogens with one attached hydrogen (secondary N) is 1. The molecule has 1 amide bonds. The molecule has 1 fully saturated rings. The number of ether oxygens (including phenoxy) is 2. The maximum atomic E-state index is 12.7. The maximum Gasteiger partial charge on any atom is 0.252 e. The average molecular weight is 451 g/mol. The van der Waals surface area contributed by atoms with Crippen LogP contribution in [0.3, 0.4) is 0 Å². The van der Waals surface area contributed by atoms with E-state index in [-0.39, 0.29) is 11.3 Å². The van der Waals surface area contributed by atoms with Crippen molar-refractivity contribution in [2.75, 3.05) is 20.8 Å². The Morgan fingerprint density at radius 2 is 1.76 bits per heavy atom. The monoisotopic (exact) mass is 451 g/mol. The van der Waals surface area contributed by atoms with Gasteiger partial charge >= 0.3 is 0 Å². The van der Waals surface area contributed by atoms with Crippen LogP contribution in [0.1, 0.15) is 35.2 Å². The van der Waals surface area contributed by atoms with Gasteiger partial charge in [-0.15, -0.1) is 0 Å². The van der Waals surface area contributed by atoms with Gasteiger partial charge in [0.15, 0.2) is 11.5 Å². The van der Waals surface area contributed by atoms with Gasteiger partial charge in [-0.1, -0.05) is 36.8 Å². The van der Waals surface area contributed by atoms with Crippen LogP contribution >= 0.6 is 22.6 Å². The van der Waals surface area contributed by atoms with Gasteiger partial charge in [-0.2, -0.15) is 0 Å². The molecule has 0 aromatic heterocycles. The number of carbonyl (C=O) groups is 1. The van der Waals surface area contributed by atoms with Crippen LogP contribution in [0.15, 0.2) is 42.5 Å². The van der Waals surface area contributed by atoms with Gasteiger partial charge in [-0.25, -0.2) is 0 Å². The first-order valence-electron chi connectivity index (χ1n) is 8.35. The molecule has 0 heterocycles. The number of hydrogen-bond donors (Lipinski definition) is 1. The first kappa shape index (κ1) is 18.0. The van der Waals surface area contributed by atoms with Crippen molar-refractivity contribution in [2.45, 2.75) is 24.7 Å². The molecular weight excluding hydrogens is 429 g/mol. The molecule has 0 unspecified atom stereocenters. The van der Waals surface area contributed by atoms with Crippen LogP contribution in [0.2, 0.25) is 0 Å². The zero-order chi connectivity index (χ0) is 17.9. The molecule has 0 aliphatic heterocycles. The molecule has 132 valence electrons. The third kappa shape index (κ3) is 3.61. The van der Waals surface area contributed by atoms with Gasteiger partial charge in [-0.3, -0.25) is 4.79 Å². The fourth-order valence-electron chi connectivity index (χ4n) is 3.34. The lowest BCUT2D eigenvalue weighted by molar-refractivity contribution is 0.0926. The largest absolute Gasteiger partial charge is 0.493 e. The molecule has 0 spiro atoms. The van der Waals surface area contributed by atoms with Crippen molar-refractivity contribution < 1.29 is 14.3 Å². The Morgan fingerprint density at radius 3 is 2.32 bits per heavy atom. The van der Waals surface area contributed by atoms with Gasteiger partial charge in [0.25, 0.3) is 5.91 Å². The van der Waals surface area contributed by atoms with Crippen LogP contribution in [-0.2, 0) is 5.41 Å². The Bertz CT molecular complexity index is 757. The van der Waals surface area contributed by atoms with E-state index in [1.54, 1.807) is 20.3 Å². The second-order valence-corrected chi connectivity index (χ2v) is 7.53. The van der Waals surface area contributed by atoms with E-state index in [9.17, 15) is 4.79 Å². The Kier molecular flexibility index (Phi) is 5.51. The Morgan fingerprint density at radius 1 is 1.12 bits per heavy atom. The molecule has 1 N–H and O–H groups in total. The van der Waals surface area contributed by atoms with E-state index in [0.717, 1.165) is 16.4 Å². The summed E-state index contributed by atoms with van der Waals surface area (Å²) in [5.41, 5.74) is 1.99. The standard InChI is InChI=1S/C20H22INO3/c1-24-17-11-15(16(21)12-18(17)25-2)19(23)22-13-20(9-6-10-20)14-7-4-3-5-8-14/h3-5,7-8,11-12H,6,9-10,13H2,1-2H3,(H,22,23). The van der Waals surface area contributed by atoms with Crippen molar-refractivity contribution in [1.82, 2.24) is 5.32 Å². The number of hydrogen-bond acceptors (Lipinski definition) is 3. The quantitative estimate of drug-likeness (QED) is 0.672. The average Bonchev–Trinajstić information content (AvgIpc) is 2.61. The van der Waals surface area contributed by atoms with Crippen molar-refractivity contribution in [1.29, 1.82) is 0 Å². The molecule has 2 aromatic rings. The highest BCUT2D eigenvalue weighted by Crippen LogP contribution is 2.43. The molecule has 1 aliphatic rings. The zero-order valence-corrected chi connectivity index (χ0v) is 16.6. The minimum atomic E-state index is -0.0763. The first-order valence-corrected chi connectivity index (χ1v) is 9.43. The summed E-state index contributed by atoms with van der Waals surface area (Å²) in [5, 5.41) is 3.13. The predicted octanol–water partition coefficient (Wildman–Crippen LogP) is 4.16. The topological polar surface area (TPSA) is 47.6 Å². The summed E-state index contributed by atoms with van der Waals surface area (Å²) < 4.78 is 11.5. The summed E-state index contributed by atoms with van der Waals surface area (Å²) in [4.78, 5) is 12.7. The van der Waals surface area contributed by atoms with Crippen molar-refractivity contribution in [3.05, 3.63) is 57.2 Å². The van der Waals surface area contributed by atoms with Crippen LogP contribution in [-0.4, -0.2) is 26.7 Å². The van der Waals surface area contributed by atoms with Crippen LogP contribution < -0.4 is 14.8 Å². The van der Waals surface area contributed by atoms with E-state index in [2.05, 4.69) is 52.2 Å². The van der Waals surface area contributed by atoms with Gasteiger partial charge in [0.1, 0.15) is 0 Å². The van der Waals surface area contributed by atoms with E-state index < -0.39 is 0 Å². The second kappa shape index (κ2) is 7.64. The summed E-state index contributed by atoms with van der Waals surface area (Å²) in [6, 6.07) is 14.0. The molecule has 0 saturated heterocycles. The Hall–Kier alpha value is -1.76. The van der Waals surface area contributed by atoms with Crippen molar-refractivity contribution in [3.63, 3.8) is 0 Å². The summed E-state index contributed by atoms with van der Waals surface area (Å²) in [6.45, 7) is 0.653. The molecule has 3 rings (SSSR count). The molecule has 0 bridgehead atoms. The number of carbonyl (C=O) groups excluding carboxylic acids is 1. The lowest BCUT2D eigenvalue weighted by atomic mass is 9.64. The summed E-state index contributed by atoms with van der Waals surface area (Å²) in [6.07, 6.45) is 3.43. The molecule has 4 nitrogen and oxygen atoms in total. The van der Waals surface area contributed by atoms with Gasteiger partial charge in [0, 0.05) is 15.5 Å². The first-order chi connectivity index (χ1) is 12.1. The Labute approximate surface area is 162 Å². The molecular formula is C20H22INO3. The van der Waals surface area contributed by atoms with E-state index >= 15 is 0 Å². The van der Waals surface area contributed by atoms with E-state index in [1.165, 1.54) is 12.0 Å². The molecule has 1 aliphatic carbocycles. The maximum absolute atomic E-state index is 12.7. The minimum absolute atomic E-state index is 0.0684.